The Labute approximate surface area is 222 Å². The number of esters is 3. The molecule has 2 aromatic rings. The molecule has 0 bridgehead atoms. The van der Waals surface area contributed by atoms with Crippen LogP contribution in [0.1, 0.15) is 61.3 Å². The first-order valence-electron chi connectivity index (χ1n) is 12.3. The standard InChI is InChI=1S/C28H34N2O8/c1-18(2)15-37-27(34)20-5-9-22(10-6-20)29-24(31)13-14-26(33)36-17-25(32)30-23-11-7-21(8-12-23)28(35)38-16-19(3)4/h5-12,18-19H,13-17H2,1-4H3,(H,29,31)(H,30,32). The zero-order valence-electron chi connectivity index (χ0n) is 22.1. The fraction of sp³-hybridized carbons (Fsp3) is 0.393. The number of carbonyl (C=O) groups excluding carboxylic acids is 5. The summed E-state index contributed by atoms with van der Waals surface area (Å²) >= 11 is 0. The zero-order valence-corrected chi connectivity index (χ0v) is 22.1. The van der Waals surface area contributed by atoms with E-state index in [-0.39, 0.29) is 24.7 Å². The van der Waals surface area contributed by atoms with Gasteiger partial charge in [0, 0.05) is 17.8 Å². The lowest BCUT2D eigenvalue weighted by molar-refractivity contribution is -0.147. The maximum atomic E-state index is 12.1. The van der Waals surface area contributed by atoms with E-state index in [1.807, 2.05) is 27.7 Å². The van der Waals surface area contributed by atoms with E-state index in [1.165, 1.54) is 36.4 Å². The van der Waals surface area contributed by atoms with Gasteiger partial charge >= 0.3 is 17.9 Å². The Morgan fingerprint density at radius 2 is 1.03 bits per heavy atom. The molecule has 0 fully saturated rings. The van der Waals surface area contributed by atoms with Crippen LogP contribution in [0.2, 0.25) is 0 Å². The molecule has 0 saturated heterocycles. The monoisotopic (exact) mass is 526 g/mol. The molecule has 0 atom stereocenters. The van der Waals surface area contributed by atoms with Crippen LogP contribution in [0.3, 0.4) is 0 Å². The molecular formula is C28H34N2O8. The van der Waals surface area contributed by atoms with E-state index < -0.39 is 36.3 Å². The maximum absolute atomic E-state index is 12.1. The number of hydrogen-bond acceptors (Lipinski definition) is 8. The molecule has 10 nitrogen and oxygen atoms in total. The molecular weight excluding hydrogens is 492 g/mol. The van der Waals surface area contributed by atoms with Gasteiger partial charge in [-0.25, -0.2) is 9.59 Å². The fourth-order valence-corrected chi connectivity index (χ4v) is 2.89. The Bertz CT molecular complexity index is 1020. The molecule has 2 N–H and O–H groups in total. The van der Waals surface area contributed by atoms with Gasteiger partial charge in [0.05, 0.1) is 30.8 Å². The summed E-state index contributed by atoms with van der Waals surface area (Å²) in [6.07, 6.45) is -0.362. The lowest BCUT2D eigenvalue weighted by Crippen LogP contribution is -2.22. The third-order valence-electron chi connectivity index (χ3n) is 4.82. The molecule has 0 spiro atoms. The summed E-state index contributed by atoms with van der Waals surface area (Å²) in [5, 5.41) is 5.18. The van der Waals surface area contributed by atoms with Gasteiger partial charge in [0.1, 0.15) is 0 Å². The van der Waals surface area contributed by atoms with Crippen molar-refractivity contribution in [3.63, 3.8) is 0 Å². The van der Waals surface area contributed by atoms with Crippen LogP contribution in [0.4, 0.5) is 11.4 Å². The van der Waals surface area contributed by atoms with Crippen LogP contribution < -0.4 is 10.6 Å². The van der Waals surface area contributed by atoms with Gasteiger partial charge in [-0.05, 0) is 60.4 Å². The molecule has 0 radical (unpaired) electrons. The predicted octanol–water partition coefficient (Wildman–Crippen LogP) is 4.21. The topological polar surface area (TPSA) is 137 Å². The van der Waals surface area contributed by atoms with E-state index in [4.69, 9.17) is 14.2 Å². The number of amides is 2. The summed E-state index contributed by atoms with van der Waals surface area (Å²) in [6.45, 7) is 7.85. The molecule has 0 unspecified atom stereocenters. The van der Waals surface area contributed by atoms with E-state index in [0.29, 0.717) is 35.7 Å². The summed E-state index contributed by atoms with van der Waals surface area (Å²) in [5.74, 6) is -2.14. The largest absolute Gasteiger partial charge is 0.462 e. The summed E-state index contributed by atoms with van der Waals surface area (Å²) in [7, 11) is 0. The molecule has 0 aliphatic heterocycles. The first kappa shape index (κ1) is 30.0. The van der Waals surface area contributed by atoms with Gasteiger partial charge in [-0.15, -0.1) is 0 Å². The van der Waals surface area contributed by atoms with Crippen molar-refractivity contribution in [2.24, 2.45) is 11.8 Å². The molecule has 2 aromatic carbocycles. The Morgan fingerprint density at radius 3 is 1.45 bits per heavy atom. The van der Waals surface area contributed by atoms with Gasteiger partial charge in [-0.1, -0.05) is 27.7 Å². The third-order valence-corrected chi connectivity index (χ3v) is 4.82. The molecule has 38 heavy (non-hydrogen) atoms. The van der Waals surface area contributed by atoms with Gasteiger partial charge in [-0.3, -0.25) is 14.4 Å². The Hall–Kier alpha value is -4.21. The van der Waals surface area contributed by atoms with Crippen molar-refractivity contribution in [3.8, 4) is 0 Å². The van der Waals surface area contributed by atoms with Crippen molar-refractivity contribution >= 4 is 41.1 Å². The zero-order chi connectivity index (χ0) is 28.1. The van der Waals surface area contributed by atoms with E-state index in [0.717, 1.165) is 0 Å². The smallest absolute Gasteiger partial charge is 0.338 e. The number of carbonyl (C=O) groups is 5. The Kier molecular flexibility index (Phi) is 12.0. The highest BCUT2D eigenvalue weighted by molar-refractivity contribution is 5.96. The molecule has 0 saturated carbocycles. The van der Waals surface area contributed by atoms with E-state index >= 15 is 0 Å². The van der Waals surface area contributed by atoms with E-state index in [2.05, 4.69) is 10.6 Å². The van der Waals surface area contributed by atoms with Crippen LogP contribution >= 0.6 is 0 Å². The fourth-order valence-electron chi connectivity index (χ4n) is 2.89. The minimum atomic E-state index is -0.707. The van der Waals surface area contributed by atoms with Crippen molar-refractivity contribution in [1.82, 2.24) is 0 Å². The van der Waals surface area contributed by atoms with Crippen molar-refractivity contribution in [1.29, 1.82) is 0 Å². The van der Waals surface area contributed by atoms with Crippen molar-refractivity contribution in [2.75, 3.05) is 30.5 Å². The third kappa shape index (κ3) is 11.2. The molecule has 204 valence electrons. The average Bonchev–Trinajstić information content (AvgIpc) is 2.88. The van der Waals surface area contributed by atoms with E-state index in [9.17, 15) is 24.0 Å². The lowest BCUT2D eigenvalue weighted by atomic mass is 10.2. The minimum Gasteiger partial charge on any atom is -0.462 e. The van der Waals surface area contributed by atoms with Gasteiger partial charge in [0.25, 0.3) is 5.91 Å². The quantitative estimate of drug-likeness (QED) is 0.292. The van der Waals surface area contributed by atoms with Crippen molar-refractivity contribution in [2.45, 2.75) is 40.5 Å². The first-order chi connectivity index (χ1) is 18.0. The number of rotatable bonds is 13. The number of hydrogen-bond donors (Lipinski definition) is 2. The first-order valence-corrected chi connectivity index (χ1v) is 12.3. The highest BCUT2D eigenvalue weighted by Gasteiger charge is 2.13. The molecule has 2 rings (SSSR count). The normalized spacial score (nSPS) is 10.6. The van der Waals surface area contributed by atoms with Gasteiger partial charge < -0.3 is 24.8 Å². The van der Waals surface area contributed by atoms with Crippen LogP contribution in [-0.4, -0.2) is 49.5 Å². The maximum Gasteiger partial charge on any atom is 0.338 e. The van der Waals surface area contributed by atoms with Gasteiger partial charge in [0.2, 0.25) is 5.91 Å². The Balaban J connectivity index is 1.68. The summed E-state index contributed by atoms with van der Waals surface area (Å²) in [5.41, 5.74) is 1.60. The van der Waals surface area contributed by atoms with Crippen LogP contribution in [-0.2, 0) is 28.6 Å². The molecule has 0 aromatic heterocycles. The number of ether oxygens (including phenoxy) is 3. The predicted molar refractivity (Wildman–Crippen MR) is 141 cm³/mol. The van der Waals surface area contributed by atoms with Crippen molar-refractivity contribution < 1.29 is 38.2 Å². The van der Waals surface area contributed by atoms with Gasteiger partial charge in [0.15, 0.2) is 6.61 Å². The second-order valence-corrected chi connectivity index (χ2v) is 9.40. The summed E-state index contributed by atoms with van der Waals surface area (Å²) < 4.78 is 15.2. The number of benzene rings is 2. The highest BCUT2D eigenvalue weighted by atomic mass is 16.5. The Morgan fingerprint density at radius 1 is 0.605 bits per heavy atom. The average molecular weight is 527 g/mol. The van der Waals surface area contributed by atoms with Gasteiger partial charge in [-0.2, -0.15) is 0 Å². The van der Waals surface area contributed by atoms with Crippen LogP contribution in [0.15, 0.2) is 48.5 Å². The molecule has 0 aliphatic carbocycles. The number of anilines is 2. The molecule has 0 heterocycles. The van der Waals surface area contributed by atoms with Crippen LogP contribution in [0.25, 0.3) is 0 Å². The SMILES string of the molecule is CC(C)COC(=O)c1ccc(NC(=O)CCC(=O)OCC(=O)Nc2ccc(C(=O)OCC(C)C)cc2)cc1. The summed E-state index contributed by atoms with van der Waals surface area (Å²) in [6, 6.07) is 12.3. The lowest BCUT2D eigenvalue weighted by Gasteiger charge is -2.09. The minimum absolute atomic E-state index is 0.146. The van der Waals surface area contributed by atoms with Crippen molar-refractivity contribution in [3.05, 3.63) is 59.7 Å². The molecule has 0 aliphatic rings. The van der Waals surface area contributed by atoms with Crippen LogP contribution in [0.5, 0.6) is 0 Å². The number of nitrogens with one attached hydrogen (secondary N) is 2. The summed E-state index contributed by atoms with van der Waals surface area (Å²) in [4.78, 5) is 60.0. The van der Waals surface area contributed by atoms with Crippen LogP contribution in [0, 0.1) is 11.8 Å². The molecule has 10 heteroatoms. The molecule has 2 amide bonds. The second-order valence-electron chi connectivity index (χ2n) is 9.40. The second kappa shape index (κ2) is 15.1. The van der Waals surface area contributed by atoms with E-state index in [1.54, 1.807) is 12.1 Å². The highest BCUT2D eigenvalue weighted by Crippen LogP contribution is 2.13.